The standard InChI is InChI=1S/C11H20N4O2S4/c1-14(2)10(18)20-5-8(16)12-7-13-9(17)6-21-11(19)15(3)4/h5-7H2,1-4H3,(H,12,16)(H,13,17). The van der Waals surface area contributed by atoms with Crippen molar-refractivity contribution in [1.29, 1.82) is 0 Å². The fourth-order valence-corrected chi connectivity index (χ4v) is 2.44. The van der Waals surface area contributed by atoms with Gasteiger partial charge in [-0.3, -0.25) is 9.59 Å². The van der Waals surface area contributed by atoms with Crippen LogP contribution in [-0.4, -0.2) is 76.6 Å². The van der Waals surface area contributed by atoms with Gasteiger partial charge in [-0.25, -0.2) is 0 Å². The lowest BCUT2D eigenvalue weighted by atomic mass is 10.6. The molecule has 0 atom stereocenters. The summed E-state index contributed by atoms with van der Waals surface area (Å²) in [6.07, 6.45) is 0. The fourth-order valence-electron chi connectivity index (χ4n) is 0.856. The Morgan fingerprint density at radius 3 is 1.48 bits per heavy atom. The van der Waals surface area contributed by atoms with Gasteiger partial charge in [0.15, 0.2) is 0 Å². The van der Waals surface area contributed by atoms with Crippen molar-refractivity contribution in [3.8, 4) is 0 Å². The van der Waals surface area contributed by atoms with Gasteiger partial charge in [0.05, 0.1) is 18.2 Å². The SMILES string of the molecule is CN(C)C(=S)SCC(=O)NCNC(=O)CSC(=S)N(C)C. The van der Waals surface area contributed by atoms with E-state index in [0.717, 1.165) is 0 Å². The van der Waals surface area contributed by atoms with Gasteiger partial charge < -0.3 is 20.4 Å². The Hall–Kier alpha value is -0.580. The number of carbonyl (C=O) groups excluding carboxylic acids is 2. The highest BCUT2D eigenvalue weighted by atomic mass is 32.2. The van der Waals surface area contributed by atoms with Gasteiger partial charge in [-0.05, 0) is 0 Å². The van der Waals surface area contributed by atoms with E-state index < -0.39 is 0 Å². The molecular formula is C11H20N4O2S4. The molecule has 0 aliphatic heterocycles. The summed E-state index contributed by atoms with van der Waals surface area (Å²) in [6.45, 7) is 0.0994. The van der Waals surface area contributed by atoms with Crippen molar-refractivity contribution in [2.45, 2.75) is 0 Å². The highest BCUT2D eigenvalue weighted by molar-refractivity contribution is 8.23. The van der Waals surface area contributed by atoms with E-state index in [1.807, 2.05) is 28.2 Å². The first kappa shape index (κ1) is 20.4. The number of carbonyl (C=O) groups is 2. The Bertz CT molecular complexity index is 366. The van der Waals surface area contributed by atoms with Crippen molar-refractivity contribution in [1.82, 2.24) is 20.4 Å². The third-order valence-electron chi connectivity index (χ3n) is 1.95. The van der Waals surface area contributed by atoms with Crippen LogP contribution < -0.4 is 10.6 Å². The van der Waals surface area contributed by atoms with Crippen molar-refractivity contribution in [2.75, 3.05) is 46.4 Å². The normalized spacial score (nSPS) is 9.71. The Labute approximate surface area is 144 Å². The van der Waals surface area contributed by atoms with Crippen LogP contribution in [0.4, 0.5) is 0 Å². The van der Waals surface area contributed by atoms with E-state index in [0.29, 0.717) is 8.64 Å². The van der Waals surface area contributed by atoms with Gasteiger partial charge in [-0.2, -0.15) is 0 Å². The number of rotatable bonds is 6. The van der Waals surface area contributed by atoms with Crippen molar-refractivity contribution < 1.29 is 9.59 Å². The van der Waals surface area contributed by atoms with Crippen molar-refractivity contribution in [3.63, 3.8) is 0 Å². The molecule has 0 heterocycles. The van der Waals surface area contributed by atoms with Gasteiger partial charge in [0.2, 0.25) is 11.8 Å². The predicted octanol–water partition coefficient (Wildman–Crippen LogP) is 0.336. The third kappa shape index (κ3) is 10.7. The summed E-state index contributed by atoms with van der Waals surface area (Å²) in [7, 11) is 7.29. The topological polar surface area (TPSA) is 64.7 Å². The average Bonchev–Trinajstić information content (AvgIpc) is 2.41. The second-order valence-electron chi connectivity index (χ2n) is 4.27. The molecule has 0 aromatic heterocycles. The maximum absolute atomic E-state index is 11.5. The Morgan fingerprint density at radius 1 is 0.857 bits per heavy atom. The number of nitrogens with zero attached hydrogens (tertiary/aromatic N) is 2. The zero-order valence-corrected chi connectivity index (χ0v) is 15.7. The minimum atomic E-state index is -0.180. The van der Waals surface area contributed by atoms with Gasteiger partial charge in [0.25, 0.3) is 0 Å². The van der Waals surface area contributed by atoms with Gasteiger partial charge in [-0.15, -0.1) is 0 Å². The van der Waals surface area contributed by atoms with Gasteiger partial charge in [-0.1, -0.05) is 48.0 Å². The molecule has 2 N–H and O–H groups in total. The maximum Gasteiger partial charge on any atom is 0.231 e. The van der Waals surface area contributed by atoms with Gasteiger partial charge >= 0.3 is 0 Å². The highest BCUT2D eigenvalue weighted by Gasteiger charge is 2.08. The molecule has 21 heavy (non-hydrogen) atoms. The van der Waals surface area contributed by atoms with Crippen LogP contribution in [-0.2, 0) is 9.59 Å². The smallest absolute Gasteiger partial charge is 0.231 e. The van der Waals surface area contributed by atoms with E-state index in [9.17, 15) is 9.59 Å². The van der Waals surface area contributed by atoms with E-state index >= 15 is 0 Å². The largest absolute Gasteiger partial charge is 0.364 e. The molecule has 0 unspecified atom stereocenters. The van der Waals surface area contributed by atoms with Crippen LogP contribution in [0.1, 0.15) is 0 Å². The summed E-state index contributed by atoms with van der Waals surface area (Å²) < 4.78 is 1.28. The summed E-state index contributed by atoms with van der Waals surface area (Å²) in [5.41, 5.74) is 0. The minimum absolute atomic E-state index is 0.0994. The van der Waals surface area contributed by atoms with Crippen molar-refractivity contribution in [3.05, 3.63) is 0 Å². The second kappa shape index (κ2) is 11.0. The fraction of sp³-hybridized carbons (Fsp3) is 0.636. The average molecular weight is 369 g/mol. The van der Waals surface area contributed by atoms with Crippen LogP contribution in [0, 0.1) is 0 Å². The summed E-state index contributed by atoms with van der Waals surface area (Å²) in [4.78, 5) is 26.6. The summed E-state index contributed by atoms with van der Waals surface area (Å²) in [5.74, 6) is 0.0977. The van der Waals surface area contributed by atoms with Gasteiger partial charge in [0, 0.05) is 28.2 Å². The number of thioether (sulfide) groups is 2. The molecule has 2 amide bonds. The zero-order valence-electron chi connectivity index (χ0n) is 12.5. The number of hydrogen-bond donors (Lipinski definition) is 2. The Morgan fingerprint density at radius 2 is 1.19 bits per heavy atom. The summed E-state index contributed by atoms with van der Waals surface area (Å²) >= 11 is 12.7. The molecule has 0 saturated carbocycles. The van der Waals surface area contributed by atoms with E-state index in [1.54, 1.807) is 9.80 Å². The summed E-state index contributed by atoms with van der Waals surface area (Å²) in [5, 5.41) is 5.19. The molecule has 0 aliphatic rings. The first-order valence-corrected chi connectivity index (χ1v) is 8.74. The molecule has 0 fully saturated rings. The van der Waals surface area contributed by atoms with Crippen LogP contribution in [0.15, 0.2) is 0 Å². The molecule has 6 nitrogen and oxygen atoms in total. The zero-order chi connectivity index (χ0) is 16.4. The molecule has 0 aromatic rings. The monoisotopic (exact) mass is 368 g/mol. The van der Waals surface area contributed by atoms with E-state index in [1.165, 1.54) is 23.5 Å². The second-order valence-corrected chi connectivity index (χ2v) is 7.49. The Kier molecular flexibility index (Phi) is 10.7. The third-order valence-corrected chi connectivity index (χ3v) is 5.43. The van der Waals surface area contributed by atoms with Crippen LogP contribution in [0.2, 0.25) is 0 Å². The molecule has 0 radical (unpaired) electrons. The van der Waals surface area contributed by atoms with Crippen LogP contribution in [0.3, 0.4) is 0 Å². The first-order chi connectivity index (χ1) is 9.73. The van der Waals surface area contributed by atoms with Gasteiger partial charge in [0.1, 0.15) is 8.64 Å². The number of thiocarbonyl (C=S) groups is 2. The molecule has 0 rings (SSSR count). The number of hydrogen-bond acceptors (Lipinski definition) is 6. The van der Waals surface area contributed by atoms with E-state index in [-0.39, 0.29) is 30.0 Å². The Balaban J connectivity index is 3.74. The van der Waals surface area contributed by atoms with Crippen LogP contribution >= 0.6 is 48.0 Å². The lowest BCUT2D eigenvalue weighted by Crippen LogP contribution is -2.39. The number of nitrogens with one attached hydrogen (secondary N) is 2. The first-order valence-electron chi connectivity index (χ1n) is 5.95. The van der Waals surface area contributed by atoms with E-state index in [2.05, 4.69) is 10.6 Å². The van der Waals surface area contributed by atoms with Crippen molar-refractivity contribution >= 4 is 68.4 Å². The summed E-state index contributed by atoms with van der Waals surface area (Å²) in [6, 6.07) is 0. The van der Waals surface area contributed by atoms with E-state index in [4.69, 9.17) is 24.4 Å². The lowest BCUT2D eigenvalue weighted by Gasteiger charge is -2.13. The molecule has 0 spiro atoms. The quantitative estimate of drug-likeness (QED) is 0.514. The lowest BCUT2D eigenvalue weighted by molar-refractivity contribution is -0.120. The molecule has 10 heteroatoms. The number of amides is 2. The van der Waals surface area contributed by atoms with Crippen LogP contribution in [0.5, 0.6) is 0 Å². The minimum Gasteiger partial charge on any atom is -0.364 e. The highest BCUT2D eigenvalue weighted by Crippen LogP contribution is 2.06. The molecule has 120 valence electrons. The maximum atomic E-state index is 11.5. The van der Waals surface area contributed by atoms with Crippen molar-refractivity contribution in [2.24, 2.45) is 0 Å². The predicted molar refractivity (Wildman–Crippen MR) is 98.6 cm³/mol. The molecule has 0 bridgehead atoms. The molecular weight excluding hydrogens is 348 g/mol. The molecule has 0 aromatic carbocycles. The molecule has 0 saturated heterocycles. The molecule has 0 aliphatic carbocycles. The van der Waals surface area contributed by atoms with Crippen LogP contribution in [0.25, 0.3) is 0 Å².